The number of allylic oxidation sites excluding steroid dienone is 4. The van der Waals surface area contributed by atoms with Crippen LogP contribution in [0.15, 0.2) is 24.3 Å². The van der Waals surface area contributed by atoms with Crippen molar-refractivity contribution in [2.24, 2.45) is 0 Å². The lowest BCUT2D eigenvalue weighted by Gasteiger charge is -2.18. The van der Waals surface area contributed by atoms with E-state index in [4.69, 9.17) is 14.2 Å². The Kier molecular flexibility index (Phi) is 65.6. The average Bonchev–Trinajstić information content (AvgIpc) is 3.44. The molecule has 1 unspecified atom stereocenters. The lowest BCUT2D eigenvalue weighted by atomic mass is 10.0. The molecule has 0 aliphatic heterocycles. The van der Waals surface area contributed by atoms with Crippen LogP contribution in [0.2, 0.25) is 0 Å². The van der Waals surface area contributed by atoms with Crippen LogP contribution < -0.4 is 0 Å². The normalized spacial score (nSPS) is 12.1. The Hall–Kier alpha value is -2.11. The standard InChI is InChI=1S/C72H136O6/c1-4-7-10-13-16-18-20-22-24-26-28-29-30-31-32-33-34-35-36-37-38-39-40-41-42-43-44-46-47-49-51-53-56-59-62-65-71(74)77-68-69(67-76-70(73)64-61-58-55-15-12-9-6-3)78-72(75)66-63-60-57-54-52-50-48-45-27-25-23-21-19-17-14-11-8-5-2/h19,21,25,27,69H,4-18,20,22-24,26,28-68H2,1-3H3/b21-19-,27-25-. The number of hydrogen-bond acceptors (Lipinski definition) is 6. The van der Waals surface area contributed by atoms with Gasteiger partial charge in [-0.3, -0.25) is 14.4 Å². The molecule has 0 rings (SSSR count). The maximum Gasteiger partial charge on any atom is 0.306 e. The number of hydrogen-bond donors (Lipinski definition) is 0. The maximum absolute atomic E-state index is 12.9. The number of esters is 3. The molecule has 6 nitrogen and oxygen atoms in total. The van der Waals surface area contributed by atoms with Gasteiger partial charge in [-0.05, 0) is 51.4 Å². The Morgan fingerprint density at radius 1 is 0.256 bits per heavy atom. The Morgan fingerprint density at radius 3 is 0.718 bits per heavy atom. The first-order valence-corrected chi connectivity index (χ1v) is 35.3. The van der Waals surface area contributed by atoms with E-state index in [0.717, 1.165) is 70.6 Å². The summed E-state index contributed by atoms with van der Waals surface area (Å²) in [6.45, 7) is 6.64. The van der Waals surface area contributed by atoms with Crippen molar-refractivity contribution in [1.82, 2.24) is 0 Å². The molecule has 0 heterocycles. The molecule has 0 saturated carbocycles. The van der Waals surface area contributed by atoms with Crippen LogP contribution >= 0.6 is 0 Å². The molecule has 0 aromatic carbocycles. The molecule has 0 aromatic heterocycles. The molecule has 78 heavy (non-hydrogen) atoms. The van der Waals surface area contributed by atoms with Gasteiger partial charge in [0, 0.05) is 19.3 Å². The highest BCUT2D eigenvalue weighted by Crippen LogP contribution is 2.19. The fraction of sp³-hybridized carbons (Fsp3) is 0.903. The van der Waals surface area contributed by atoms with Gasteiger partial charge in [0.2, 0.25) is 0 Å². The molecule has 0 amide bonds. The Labute approximate surface area is 487 Å². The fourth-order valence-electron chi connectivity index (χ4n) is 10.9. The van der Waals surface area contributed by atoms with Gasteiger partial charge >= 0.3 is 17.9 Å². The summed E-state index contributed by atoms with van der Waals surface area (Å²) in [5.74, 6) is -0.860. The number of ether oxygens (including phenoxy) is 3. The van der Waals surface area contributed by atoms with Crippen molar-refractivity contribution in [3.05, 3.63) is 24.3 Å². The Morgan fingerprint density at radius 2 is 0.462 bits per heavy atom. The first-order chi connectivity index (χ1) is 38.5. The molecule has 0 N–H and O–H groups in total. The average molecular weight is 1100 g/mol. The molecule has 1 atom stereocenters. The van der Waals surface area contributed by atoms with Gasteiger partial charge in [0.1, 0.15) is 13.2 Å². The number of carbonyl (C=O) groups is 3. The fourth-order valence-corrected chi connectivity index (χ4v) is 10.9. The van der Waals surface area contributed by atoms with Crippen molar-refractivity contribution in [3.8, 4) is 0 Å². The van der Waals surface area contributed by atoms with E-state index in [0.29, 0.717) is 19.3 Å². The van der Waals surface area contributed by atoms with Crippen molar-refractivity contribution in [2.75, 3.05) is 13.2 Å². The summed E-state index contributed by atoms with van der Waals surface area (Å²) in [5.41, 5.74) is 0. The van der Waals surface area contributed by atoms with E-state index < -0.39 is 6.10 Å². The molecule has 6 heteroatoms. The van der Waals surface area contributed by atoms with Crippen molar-refractivity contribution < 1.29 is 28.6 Å². The third kappa shape index (κ3) is 64.7. The van der Waals surface area contributed by atoms with Gasteiger partial charge < -0.3 is 14.2 Å². The minimum atomic E-state index is -0.770. The third-order valence-electron chi connectivity index (χ3n) is 16.2. The number of rotatable bonds is 66. The highest BCUT2D eigenvalue weighted by molar-refractivity contribution is 5.71. The highest BCUT2D eigenvalue weighted by Gasteiger charge is 2.19. The summed E-state index contributed by atoms with van der Waals surface area (Å²) < 4.78 is 16.9. The van der Waals surface area contributed by atoms with E-state index in [2.05, 4.69) is 45.1 Å². The van der Waals surface area contributed by atoms with E-state index in [9.17, 15) is 14.4 Å². The quantitative estimate of drug-likeness (QED) is 0.0261. The van der Waals surface area contributed by atoms with Crippen LogP contribution in [0.3, 0.4) is 0 Å². The zero-order valence-corrected chi connectivity index (χ0v) is 53.0. The van der Waals surface area contributed by atoms with E-state index in [1.54, 1.807) is 0 Å². The predicted molar refractivity (Wildman–Crippen MR) is 340 cm³/mol. The third-order valence-corrected chi connectivity index (χ3v) is 16.2. The van der Waals surface area contributed by atoms with Gasteiger partial charge in [-0.25, -0.2) is 0 Å². The molecular weight excluding hydrogens is 961 g/mol. The van der Waals surface area contributed by atoms with E-state index in [-0.39, 0.29) is 31.1 Å². The van der Waals surface area contributed by atoms with Crippen LogP contribution in [-0.4, -0.2) is 37.2 Å². The molecule has 0 radical (unpaired) electrons. The van der Waals surface area contributed by atoms with E-state index >= 15 is 0 Å². The SMILES string of the molecule is CCCCCC/C=C\C/C=C\CCCCCCCCCC(=O)OC(COC(=O)CCCCCCCCC)COC(=O)CCCCCCCCCCCCCCCCCCCCCCCCCCCCCCCCCCCCC. The zero-order chi connectivity index (χ0) is 56.4. The molecule has 0 bridgehead atoms. The molecule has 0 aliphatic carbocycles. The highest BCUT2D eigenvalue weighted by atomic mass is 16.6. The second-order valence-corrected chi connectivity index (χ2v) is 24.2. The van der Waals surface area contributed by atoms with Gasteiger partial charge in [-0.1, -0.05) is 353 Å². The minimum absolute atomic E-state index is 0.0695. The van der Waals surface area contributed by atoms with Crippen LogP contribution in [0.25, 0.3) is 0 Å². The minimum Gasteiger partial charge on any atom is -0.462 e. The van der Waals surface area contributed by atoms with Crippen molar-refractivity contribution in [2.45, 2.75) is 406 Å². The van der Waals surface area contributed by atoms with Crippen LogP contribution in [0.4, 0.5) is 0 Å². The molecular formula is C72H136O6. The van der Waals surface area contributed by atoms with Crippen molar-refractivity contribution in [1.29, 1.82) is 0 Å². The summed E-state index contributed by atoms with van der Waals surface area (Å²) in [5, 5.41) is 0. The second-order valence-electron chi connectivity index (χ2n) is 24.2. The summed E-state index contributed by atoms with van der Waals surface area (Å²) in [6, 6.07) is 0. The van der Waals surface area contributed by atoms with Gasteiger partial charge in [-0.15, -0.1) is 0 Å². The largest absolute Gasteiger partial charge is 0.462 e. The van der Waals surface area contributed by atoms with Crippen molar-refractivity contribution >= 4 is 17.9 Å². The first kappa shape index (κ1) is 75.9. The summed E-state index contributed by atoms with van der Waals surface area (Å²) >= 11 is 0. The summed E-state index contributed by atoms with van der Waals surface area (Å²) in [6.07, 6.45) is 82.6. The molecule has 0 saturated heterocycles. The van der Waals surface area contributed by atoms with Crippen molar-refractivity contribution in [3.63, 3.8) is 0 Å². The lowest BCUT2D eigenvalue weighted by molar-refractivity contribution is -0.167. The number of carbonyl (C=O) groups excluding carboxylic acids is 3. The van der Waals surface area contributed by atoms with Gasteiger partial charge in [0.25, 0.3) is 0 Å². The van der Waals surface area contributed by atoms with E-state index in [1.807, 2.05) is 0 Å². The molecule has 0 fully saturated rings. The smallest absolute Gasteiger partial charge is 0.306 e. The van der Waals surface area contributed by atoms with Crippen LogP contribution in [0, 0.1) is 0 Å². The molecule has 460 valence electrons. The van der Waals surface area contributed by atoms with Gasteiger partial charge in [-0.2, -0.15) is 0 Å². The molecule has 0 aromatic rings. The summed E-state index contributed by atoms with van der Waals surface area (Å²) in [7, 11) is 0. The molecule has 0 spiro atoms. The summed E-state index contributed by atoms with van der Waals surface area (Å²) in [4.78, 5) is 38.1. The van der Waals surface area contributed by atoms with Crippen LogP contribution in [-0.2, 0) is 28.6 Å². The van der Waals surface area contributed by atoms with Gasteiger partial charge in [0.15, 0.2) is 6.10 Å². The second kappa shape index (κ2) is 67.4. The maximum atomic E-state index is 12.9. The van der Waals surface area contributed by atoms with Crippen LogP contribution in [0.1, 0.15) is 400 Å². The van der Waals surface area contributed by atoms with Gasteiger partial charge in [0.05, 0.1) is 0 Å². The van der Waals surface area contributed by atoms with Crippen LogP contribution in [0.5, 0.6) is 0 Å². The Bertz CT molecular complexity index is 1260. The monoisotopic (exact) mass is 1100 g/mol. The first-order valence-electron chi connectivity index (χ1n) is 35.3. The predicted octanol–water partition coefficient (Wildman–Crippen LogP) is 24.2. The topological polar surface area (TPSA) is 78.9 Å². The zero-order valence-electron chi connectivity index (χ0n) is 53.0. The Balaban J connectivity index is 3.91. The molecule has 0 aliphatic rings. The lowest BCUT2D eigenvalue weighted by Crippen LogP contribution is -2.30. The van der Waals surface area contributed by atoms with E-state index in [1.165, 1.54) is 289 Å². The number of unbranched alkanes of at least 4 members (excludes halogenated alkanes) is 51.